The first-order valence-corrected chi connectivity index (χ1v) is 9.60. The Morgan fingerprint density at radius 3 is 2.86 bits per heavy atom. The van der Waals surface area contributed by atoms with Crippen molar-refractivity contribution in [3.8, 4) is 0 Å². The van der Waals surface area contributed by atoms with Gasteiger partial charge in [-0.15, -0.1) is 0 Å². The number of hydrogen-bond acceptors (Lipinski definition) is 4. The van der Waals surface area contributed by atoms with E-state index < -0.39 is 0 Å². The SMILES string of the molecule is CCn1ccc(CCN2C(=O)CCN(Cc3nc4ccc(C)cc4[nH]3)C2=O)n1. The van der Waals surface area contributed by atoms with Crippen LogP contribution in [-0.2, 0) is 24.3 Å². The number of rotatable bonds is 6. The van der Waals surface area contributed by atoms with Gasteiger partial charge in [0.05, 0.1) is 23.3 Å². The lowest BCUT2D eigenvalue weighted by atomic mass is 10.2. The molecule has 0 spiro atoms. The first-order chi connectivity index (χ1) is 13.5. The van der Waals surface area contributed by atoms with E-state index in [4.69, 9.17) is 0 Å². The zero-order chi connectivity index (χ0) is 19.7. The average molecular weight is 380 g/mol. The van der Waals surface area contributed by atoms with Gasteiger partial charge < -0.3 is 9.88 Å². The Labute approximate surface area is 163 Å². The molecule has 4 rings (SSSR count). The second-order valence-electron chi connectivity index (χ2n) is 7.12. The number of carbonyl (C=O) groups excluding carboxylic acids is 2. The van der Waals surface area contributed by atoms with Crippen LogP contribution >= 0.6 is 0 Å². The second-order valence-corrected chi connectivity index (χ2v) is 7.12. The number of nitrogens with zero attached hydrogens (tertiary/aromatic N) is 5. The number of aromatic nitrogens is 4. The lowest BCUT2D eigenvalue weighted by molar-refractivity contribution is -0.131. The van der Waals surface area contributed by atoms with E-state index >= 15 is 0 Å². The summed E-state index contributed by atoms with van der Waals surface area (Å²) >= 11 is 0. The third-order valence-electron chi connectivity index (χ3n) is 5.04. The first kappa shape index (κ1) is 18.2. The molecular formula is C20H24N6O2. The number of aryl methyl sites for hydroxylation is 2. The molecule has 0 atom stereocenters. The van der Waals surface area contributed by atoms with Crippen molar-refractivity contribution in [3.63, 3.8) is 0 Å². The van der Waals surface area contributed by atoms with E-state index in [1.807, 2.05) is 49.0 Å². The lowest BCUT2D eigenvalue weighted by Gasteiger charge is -2.33. The highest BCUT2D eigenvalue weighted by Crippen LogP contribution is 2.17. The normalized spacial score (nSPS) is 15.1. The summed E-state index contributed by atoms with van der Waals surface area (Å²) in [5, 5.41) is 4.42. The second kappa shape index (κ2) is 7.46. The standard InChI is InChI=1S/C20H24N6O2/c1-3-25-10-6-15(23-25)7-11-26-19(27)8-9-24(20(26)28)13-18-21-16-5-4-14(2)12-17(16)22-18/h4-6,10,12H,3,7-9,11,13H2,1-2H3,(H,21,22). The predicted octanol–water partition coefficient (Wildman–Crippen LogP) is 2.48. The zero-order valence-electron chi connectivity index (χ0n) is 16.2. The molecule has 1 aliphatic rings. The number of nitrogens with one attached hydrogen (secondary N) is 1. The highest BCUT2D eigenvalue weighted by molar-refractivity contribution is 5.96. The van der Waals surface area contributed by atoms with Gasteiger partial charge in [-0.3, -0.25) is 14.4 Å². The van der Waals surface area contributed by atoms with Crippen molar-refractivity contribution in [2.24, 2.45) is 0 Å². The van der Waals surface area contributed by atoms with Crippen molar-refractivity contribution >= 4 is 23.0 Å². The van der Waals surface area contributed by atoms with Crippen molar-refractivity contribution in [3.05, 3.63) is 47.5 Å². The molecule has 1 fully saturated rings. The molecule has 1 aromatic carbocycles. The maximum Gasteiger partial charge on any atom is 0.327 e. The summed E-state index contributed by atoms with van der Waals surface area (Å²) < 4.78 is 1.84. The van der Waals surface area contributed by atoms with Crippen LogP contribution in [0.15, 0.2) is 30.5 Å². The number of fused-ring (bicyclic) bond motifs is 1. The molecule has 3 amide bonds. The topological polar surface area (TPSA) is 87.1 Å². The minimum Gasteiger partial charge on any atom is -0.340 e. The van der Waals surface area contributed by atoms with Crippen LogP contribution in [-0.4, -0.2) is 54.6 Å². The Kier molecular flexibility index (Phi) is 4.85. The van der Waals surface area contributed by atoms with Crippen molar-refractivity contribution in [2.45, 2.75) is 39.8 Å². The monoisotopic (exact) mass is 380 g/mol. The maximum absolute atomic E-state index is 12.9. The van der Waals surface area contributed by atoms with Crippen molar-refractivity contribution in [2.75, 3.05) is 13.1 Å². The fourth-order valence-corrected chi connectivity index (χ4v) is 3.48. The van der Waals surface area contributed by atoms with E-state index in [9.17, 15) is 9.59 Å². The molecule has 8 heteroatoms. The Bertz CT molecular complexity index is 1020. The van der Waals surface area contributed by atoms with Gasteiger partial charge in [0.15, 0.2) is 0 Å². The highest BCUT2D eigenvalue weighted by Gasteiger charge is 2.32. The van der Waals surface area contributed by atoms with Gasteiger partial charge >= 0.3 is 6.03 Å². The zero-order valence-corrected chi connectivity index (χ0v) is 16.2. The predicted molar refractivity (Wildman–Crippen MR) is 105 cm³/mol. The Balaban J connectivity index is 1.44. The fraction of sp³-hybridized carbons (Fsp3) is 0.400. The molecule has 0 saturated carbocycles. The molecule has 0 unspecified atom stereocenters. The van der Waals surface area contributed by atoms with Gasteiger partial charge in [0, 0.05) is 38.7 Å². The van der Waals surface area contributed by atoms with E-state index in [1.54, 1.807) is 4.90 Å². The van der Waals surface area contributed by atoms with Crippen LogP contribution in [0.25, 0.3) is 11.0 Å². The number of aromatic amines is 1. The van der Waals surface area contributed by atoms with Gasteiger partial charge in [-0.1, -0.05) is 6.07 Å². The third kappa shape index (κ3) is 3.62. The van der Waals surface area contributed by atoms with Gasteiger partial charge in [0.1, 0.15) is 5.82 Å². The third-order valence-corrected chi connectivity index (χ3v) is 5.04. The van der Waals surface area contributed by atoms with E-state index in [0.717, 1.165) is 34.7 Å². The van der Waals surface area contributed by atoms with Crippen LogP contribution in [0.4, 0.5) is 4.79 Å². The van der Waals surface area contributed by atoms with Crippen LogP contribution in [0.2, 0.25) is 0 Å². The van der Waals surface area contributed by atoms with Crippen molar-refractivity contribution < 1.29 is 9.59 Å². The van der Waals surface area contributed by atoms with Gasteiger partial charge in [-0.2, -0.15) is 5.10 Å². The Morgan fingerprint density at radius 2 is 2.07 bits per heavy atom. The molecule has 1 N–H and O–H groups in total. The molecule has 1 saturated heterocycles. The number of urea groups is 1. The number of imide groups is 1. The van der Waals surface area contributed by atoms with Crippen LogP contribution in [0.1, 0.15) is 30.4 Å². The summed E-state index contributed by atoms with van der Waals surface area (Å²) in [6.45, 7) is 5.96. The summed E-state index contributed by atoms with van der Waals surface area (Å²) in [5.74, 6) is 0.598. The number of benzene rings is 1. The number of imidazole rings is 1. The van der Waals surface area contributed by atoms with Gasteiger partial charge in [0.25, 0.3) is 0 Å². The number of carbonyl (C=O) groups is 2. The van der Waals surface area contributed by atoms with Crippen LogP contribution in [0, 0.1) is 6.92 Å². The molecule has 1 aliphatic heterocycles. The molecule has 0 aliphatic carbocycles. The van der Waals surface area contributed by atoms with Gasteiger partial charge in [-0.05, 0) is 37.6 Å². The molecule has 0 bridgehead atoms. The van der Waals surface area contributed by atoms with Gasteiger partial charge in [-0.25, -0.2) is 9.78 Å². The average Bonchev–Trinajstić information content (AvgIpc) is 3.29. The Hall–Kier alpha value is -3.16. The van der Waals surface area contributed by atoms with Crippen LogP contribution in [0.5, 0.6) is 0 Å². The molecule has 146 valence electrons. The number of H-pyrrole nitrogens is 1. The summed E-state index contributed by atoms with van der Waals surface area (Å²) in [4.78, 5) is 36.0. The van der Waals surface area contributed by atoms with E-state index in [-0.39, 0.29) is 11.9 Å². The van der Waals surface area contributed by atoms with Crippen molar-refractivity contribution in [1.82, 2.24) is 29.5 Å². The van der Waals surface area contributed by atoms with Crippen LogP contribution in [0.3, 0.4) is 0 Å². The molecule has 0 radical (unpaired) electrons. The number of hydrogen-bond donors (Lipinski definition) is 1. The summed E-state index contributed by atoms with van der Waals surface area (Å²) in [6, 6.07) is 7.68. The summed E-state index contributed by atoms with van der Waals surface area (Å²) in [6.07, 6.45) is 2.79. The summed E-state index contributed by atoms with van der Waals surface area (Å²) in [5.41, 5.74) is 3.87. The van der Waals surface area contributed by atoms with E-state index in [1.165, 1.54) is 4.90 Å². The molecule has 3 aromatic rings. The largest absolute Gasteiger partial charge is 0.340 e. The van der Waals surface area contributed by atoms with E-state index in [2.05, 4.69) is 15.1 Å². The first-order valence-electron chi connectivity index (χ1n) is 9.60. The van der Waals surface area contributed by atoms with Crippen molar-refractivity contribution in [1.29, 1.82) is 0 Å². The molecule has 28 heavy (non-hydrogen) atoms. The van der Waals surface area contributed by atoms with E-state index in [0.29, 0.717) is 32.5 Å². The molecule has 2 aromatic heterocycles. The molecule has 3 heterocycles. The smallest absolute Gasteiger partial charge is 0.327 e. The maximum atomic E-state index is 12.9. The minimum atomic E-state index is -0.261. The molecular weight excluding hydrogens is 356 g/mol. The number of amides is 3. The minimum absolute atomic E-state index is 0.128. The van der Waals surface area contributed by atoms with Gasteiger partial charge in [0.2, 0.25) is 5.91 Å². The molecule has 8 nitrogen and oxygen atoms in total. The van der Waals surface area contributed by atoms with Crippen LogP contribution < -0.4 is 0 Å². The summed E-state index contributed by atoms with van der Waals surface area (Å²) in [7, 11) is 0. The highest BCUT2D eigenvalue weighted by atomic mass is 16.2. The fourth-order valence-electron chi connectivity index (χ4n) is 3.48. The quantitative estimate of drug-likeness (QED) is 0.712. The lowest BCUT2D eigenvalue weighted by Crippen LogP contribution is -2.52. The Morgan fingerprint density at radius 1 is 1.21 bits per heavy atom.